The summed E-state index contributed by atoms with van der Waals surface area (Å²) in [5.74, 6) is 0. The molecule has 0 bridgehead atoms. The second-order valence-electron chi connectivity index (χ2n) is 2.42. The first kappa shape index (κ1) is 9.84. The van der Waals surface area contributed by atoms with Crippen molar-refractivity contribution in [1.29, 1.82) is 0 Å². The fourth-order valence-corrected chi connectivity index (χ4v) is 0.671. The van der Waals surface area contributed by atoms with Crippen molar-refractivity contribution in [1.82, 2.24) is 5.48 Å². The molecule has 0 aliphatic heterocycles. The van der Waals surface area contributed by atoms with Crippen molar-refractivity contribution in [2.24, 2.45) is 0 Å². The number of nitrogens with one attached hydrogen (secondary N) is 1. The Morgan fingerprint density at radius 2 is 1.90 bits per heavy atom. The number of aliphatic hydroxyl groups excluding tert-OH is 2. The molecule has 0 radical (unpaired) electrons. The Balaban J connectivity index is 3.03. The van der Waals surface area contributed by atoms with Crippen LogP contribution in [-0.4, -0.2) is 27.8 Å². The maximum atomic E-state index is 8.77. The maximum absolute atomic E-state index is 8.77. The third-order valence-electron chi connectivity index (χ3n) is 1.25. The van der Waals surface area contributed by atoms with E-state index in [0.717, 1.165) is 0 Å². The van der Waals surface area contributed by atoms with E-state index in [9.17, 15) is 0 Å². The van der Waals surface area contributed by atoms with Crippen molar-refractivity contribution >= 4 is 0 Å². The quantitative estimate of drug-likeness (QED) is 0.323. The number of hydrogen-bond donors (Lipinski definition) is 4. The summed E-state index contributed by atoms with van der Waals surface area (Å²) in [4.78, 5) is 0. The van der Waals surface area contributed by atoms with Gasteiger partial charge in [0.05, 0.1) is 6.10 Å². The average molecular weight is 149 g/mol. The van der Waals surface area contributed by atoms with Gasteiger partial charge in [-0.05, 0) is 26.2 Å². The summed E-state index contributed by atoms with van der Waals surface area (Å²) in [6.45, 7) is 1.69. The van der Waals surface area contributed by atoms with E-state index in [2.05, 4.69) is 0 Å². The zero-order valence-electron chi connectivity index (χ0n) is 6.12. The van der Waals surface area contributed by atoms with Gasteiger partial charge < -0.3 is 15.4 Å². The summed E-state index contributed by atoms with van der Waals surface area (Å²) >= 11 is 0. The number of hydrogen-bond acceptors (Lipinski definition) is 4. The first-order chi connectivity index (χ1) is 4.66. The average Bonchev–Trinajstić information content (AvgIpc) is 1.87. The highest BCUT2D eigenvalue weighted by molar-refractivity contribution is 4.51. The lowest BCUT2D eigenvalue weighted by atomic mass is 10.1. The Labute approximate surface area is 60.5 Å². The second kappa shape index (κ2) is 5.61. The number of hydroxylamine groups is 1. The molecule has 0 aromatic carbocycles. The minimum absolute atomic E-state index is 0.328. The monoisotopic (exact) mass is 149 g/mol. The molecule has 0 aromatic heterocycles. The Bertz CT molecular complexity index is 77.4. The fourth-order valence-electron chi connectivity index (χ4n) is 0.671. The smallest absolute Gasteiger partial charge is 0.126 e. The first-order valence-electron chi connectivity index (χ1n) is 3.42. The Morgan fingerprint density at radius 3 is 2.30 bits per heavy atom. The number of rotatable bonds is 5. The van der Waals surface area contributed by atoms with Crippen LogP contribution in [0.2, 0.25) is 0 Å². The van der Waals surface area contributed by atoms with Crippen LogP contribution in [0.15, 0.2) is 0 Å². The Morgan fingerprint density at radius 1 is 1.30 bits per heavy atom. The van der Waals surface area contributed by atoms with Crippen molar-refractivity contribution in [3.8, 4) is 0 Å². The van der Waals surface area contributed by atoms with E-state index in [4.69, 9.17) is 15.4 Å². The van der Waals surface area contributed by atoms with Gasteiger partial charge in [0, 0.05) is 0 Å². The minimum atomic E-state index is -0.862. The topological polar surface area (TPSA) is 72.7 Å². The highest BCUT2D eigenvalue weighted by Crippen LogP contribution is 2.01. The summed E-state index contributed by atoms with van der Waals surface area (Å²) < 4.78 is 0. The van der Waals surface area contributed by atoms with E-state index in [1.807, 2.05) is 0 Å². The van der Waals surface area contributed by atoms with Crippen LogP contribution in [0.3, 0.4) is 0 Å². The van der Waals surface area contributed by atoms with Crippen molar-refractivity contribution in [2.45, 2.75) is 38.5 Å². The SMILES string of the molecule is CC(O)CCCC(O)NO. The Hall–Kier alpha value is -0.160. The Kier molecular flexibility index (Phi) is 5.52. The van der Waals surface area contributed by atoms with Crippen LogP contribution in [-0.2, 0) is 0 Å². The summed E-state index contributed by atoms with van der Waals surface area (Å²) in [5.41, 5.74) is 1.71. The van der Waals surface area contributed by atoms with Crippen LogP contribution < -0.4 is 5.48 Å². The molecule has 0 aliphatic rings. The predicted octanol–water partition coefficient (Wildman–Crippen LogP) is -0.165. The number of aliphatic hydroxyl groups is 2. The fraction of sp³-hybridized carbons (Fsp3) is 1.00. The summed E-state index contributed by atoms with van der Waals surface area (Å²) in [6.07, 6.45) is 0.622. The summed E-state index contributed by atoms with van der Waals surface area (Å²) in [6, 6.07) is 0. The molecule has 0 saturated heterocycles. The molecule has 0 fully saturated rings. The van der Waals surface area contributed by atoms with Crippen LogP contribution >= 0.6 is 0 Å². The molecular weight excluding hydrogens is 134 g/mol. The lowest BCUT2D eigenvalue weighted by Crippen LogP contribution is -2.24. The van der Waals surface area contributed by atoms with Gasteiger partial charge in [-0.25, -0.2) is 0 Å². The van der Waals surface area contributed by atoms with Crippen LogP contribution in [0.1, 0.15) is 26.2 Å². The molecule has 2 atom stereocenters. The van der Waals surface area contributed by atoms with Gasteiger partial charge in [0.1, 0.15) is 6.23 Å². The van der Waals surface area contributed by atoms with Crippen LogP contribution in [0.4, 0.5) is 0 Å². The molecule has 4 heteroatoms. The molecule has 0 amide bonds. The predicted molar refractivity (Wildman–Crippen MR) is 36.5 cm³/mol. The van der Waals surface area contributed by atoms with E-state index >= 15 is 0 Å². The molecule has 2 unspecified atom stereocenters. The van der Waals surface area contributed by atoms with Gasteiger partial charge in [0.2, 0.25) is 0 Å². The van der Waals surface area contributed by atoms with Gasteiger partial charge in [-0.1, -0.05) is 0 Å². The van der Waals surface area contributed by atoms with E-state index < -0.39 is 6.23 Å². The molecule has 0 spiro atoms. The van der Waals surface area contributed by atoms with Crippen LogP contribution in [0.25, 0.3) is 0 Å². The van der Waals surface area contributed by atoms with Gasteiger partial charge in [-0.2, -0.15) is 5.48 Å². The molecular formula is C6H15NO3. The molecule has 4 N–H and O–H groups in total. The molecule has 0 heterocycles. The molecule has 0 aromatic rings. The standard InChI is InChI=1S/C6H15NO3/c1-5(8)3-2-4-6(9)7-10/h5-10H,2-4H2,1H3. The van der Waals surface area contributed by atoms with Crippen molar-refractivity contribution in [3.05, 3.63) is 0 Å². The third kappa shape index (κ3) is 5.97. The molecule has 4 nitrogen and oxygen atoms in total. The van der Waals surface area contributed by atoms with E-state index in [1.54, 1.807) is 12.4 Å². The molecule has 0 rings (SSSR count). The zero-order valence-corrected chi connectivity index (χ0v) is 6.12. The van der Waals surface area contributed by atoms with Crippen molar-refractivity contribution < 1.29 is 15.4 Å². The normalized spacial score (nSPS) is 16.8. The first-order valence-corrected chi connectivity index (χ1v) is 3.42. The maximum Gasteiger partial charge on any atom is 0.126 e. The minimum Gasteiger partial charge on any atom is -0.393 e. The highest BCUT2D eigenvalue weighted by atomic mass is 16.5. The van der Waals surface area contributed by atoms with Crippen molar-refractivity contribution in [3.63, 3.8) is 0 Å². The van der Waals surface area contributed by atoms with Gasteiger partial charge in [0.25, 0.3) is 0 Å². The van der Waals surface area contributed by atoms with E-state index in [-0.39, 0.29) is 6.10 Å². The lowest BCUT2D eigenvalue weighted by Gasteiger charge is -2.07. The summed E-state index contributed by atoms with van der Waals surface area (Å²) in [5, 5.41) is 25.6. The van der Waals surface area contributed by atoms with Gasteiger partial charge in [-0.15, -0.1) is 0 Å². The summed E-state index contributed by atoms with van der Waals surface area (Å²) in [7, 11) is 0. The van der Waals surface area contributed by atoms with E-state index in [0.29, 0.717) is 19.3 Å². The molecule has 10 heavy (non-hydrogen) atoms. The highest BCUT2D eigenvalue weighted by Gasteiger charge is 2.01. The molecule has 62 valence electrons. The van der Waals surface area contributed by atoms with Gasteiger partial charge >= 0.3 is 0 Å². The third-order valence-corrected chi connectivity index (χ3v) is 1.25. The molecule has 0 aliphatic carbocycles. The van der Waals surface area contributed by atoms with Gasteiger partial charge in [-0.3, -0.25) is 0 Å². The largest absolute Gasteiger partial charge is 0.393 e. The van der Waals surface area contributed by atoms with E-state index in [1.165, 1.54) is 0 Å². The molecule has 0 saturated carbocycles. The van der Waals surface area contributed by atoms with Gasteiger partial charge in [0.15, 0.2) is 0 Å². The van der Waals surface area contributed by atoms with Crippen molar-refractivity contribution in [2.75, 3.05) is 0 Å². The zero-order chi connectivity index (χ0) is 7.98. The second-order valence-corrected chi connectivity index (χ2v) is 2.42. The lowest BCUT2D eigenvalue weighted by molar-refractivity contribution is -0.00534. The van der Waals surface area contributed by atoms with Crippen LogP contribution in [0.5, 0.6) is 0 Å². The van der Waals surface area contributed by atoms with Crippen LogP contribution in [0, 0.1) is 0 Å².